The van der Waals surface area contributed by atoms with Crippen LogP contribution >= 0.6 is 27.7 Å². The molecule has 10 heteroatoms. The standard InChI is InChI=1S/C34H39BrN2O6S/c1-4-6-7-11-19-43-33(41)27-28-31(39)37(26(21-38)22-12-9-8-10-13-22)30(34(28)20-25(35)29(27)44-34)32(40)36(18-5-2)23-14-16-24(42-3)17-15-23/h4-5,8-10,12-17,25-30,38H,1-2,6-7,11,18-21H2,3H3/t25?,26-,27+,28+,29+,30?,34?/m1/s1. The summed E-state index contributed by atoms with van der Waals surface area (Å²) in [6.45, 7) is 7.73. The van der Waals surface area contributed by atoms with Crippen LogP contribution in [-0.4, -0.2) is 75.5 Å². The van der Waals surface area contributed by atoms with Gasteiger partial charge in [0.1, 0.15) is 11.8 Å². The second-order valence-electron chi connectivity index (χ2n) is 11.4. The molecule has 2 aromatic carbocycles. The average molecular weight is 684 g/mol. The van der Waals surface area contributed by atoms with Gasteiger partial charge in [-0.05, 0) is 55.5 Å². The van der Waals surface area contributed by atoms with Gasteiger partial charge in [0.25, 0.3) is 5.91 Å². The lowest BCUT2D eigenvalue weighted by Crippen LogP contribution is -2.56. The van der Waals surface area contributed by atoms with Crippen LogP contribution in [0.15, 0.2) is 79.9 Å². The first-order chi connectivity index (χ1) is 21.3. The van der Waals surface area contributed by atoms with E-state index < -0.39 is 34.6 Å². The maximum atomic E-state index is 14.9. The quantitative estimate of drug-likeness (QED) is 0.125. The van der Waals surface area contributed by atoms with Gasteiger partial charge in [-0.25, -0.2) is 0 Å². The molecule has 1 spiro atoms. The number of thioether (sulfide) groups is 1. The van der Waals surface area contributed by atoms with E-state index in [1.165, 1.54) is 0 Å². The Morgan fingerprint density at radius 1 is 1.16 bits per heavy atom. The number of aliphatic hydroxyl groups excluding tert-OH is 1. The van der Waals surface area contributed by atoms with Crippen LogP contribution in [0.3, 0.4) is 0 Å². The van der Waals surface area contributed by atoms with Gasteiger partial charge >= 0.3 is 5.97 Å². The van der Waals surface area contributed by atoms with Crippen molar-refractivity contribution in [2.24, 2.45) is 11.8 Å². The summed E-state index contributed by atoms with van der Waals surface area (Å²) in [7, 11) is 1.58. The van der Waals surface area contributed by atoms with Crippen molar-refractivity contribution in [3.05, 3.63) is 85.5 Å². The van der Waals surface area contributed by atoms with Crippen LogP contribution in [0, 0.1) is 11.8 Å². The molecule has 0 aliphatic carbocycles. The second kappa shape index (κ2) is 13.9. The first kappa shape index (κ1) is 32.3. The van der Waals surface area contributed by atoms with E-state index in [0.29, 0.717) is 29.8 Å². The highest BCUT2D eigenvalue weighted by Gasteiger charge is 2.76. The molecule has 0 saturated carbocycles. The first-order valence-electron chi connectivity index (χ1n) is 15.0. The maximum absolute atomic E-state index is 14.9. The van der Waals surface area contributed by atoms with Crippen molar-refractivity contribution in [1.82, 2.24) is 4.90 Å². The second-order valence-corrected chi connectivity index (χ2v) is 14.1. The number of methoxy groups -OCH3 is 1. The molecule has 3 unspecified atom stereocenters. The van der Waals surface area contributed by atoms with Gasteiger partial charge in [-0.3, -0.25) is 14.4 Å². The number of hydrogen-bond donors (Lipinski definition) is 1. The summed E-state index contributed by atoms with van der Waals surface area (Å²) < 4.78 is 10.2. The summed E-state index contributed by atoms with van der Waals surface area (Å²) in [6.07, 6.45) is 6.41. The molecule has 3 aliphatic heterocycles. The van der Waals surface area contributed by atoms with Gasteiger partial charge in [-0.15, -0.1) is 24.9 Å². The number of unbranched alkanes of at least 4 members (excludes halogenated alkanes) is 2. The number of benzene rings is 2. The Labute approximate surface area is 271 Å². The topological polar surface area (TPSA) is 96.4 Å². The Kier molecular flexibility index (Phi) is 10.2. The number of aliphatic hydroxyl groups is 1. The normalized spacial score (nSPS) is 27.5. The van der Waals surface area contributed by atoms with Crippen LogP contribution in [0.25, 0.3) is 0 Å². The third kappa shape index (κ3) is 5.72. The van der Waals surface area contributed by atoms with Gasteiger partial charge in [-0.2, -0.15) is 0 Å². The summed E-state index contributed by atoms with van der Waals surface area (Å²) in [5.41, 5.74) is 1.35. The van der Waals surface area contributed by atoms with Crippen LogP contribution in [-0.2, 0) is 19.1 Å². The number of esters is 1. The van der Waals surface area contributed by atoms with Crippen molar-refractivity contribution < 1.29 is 29.0 Å². The van der Waals surface area contributed by atoms with E-state index in [1.807, 2.05) is 36.4 Å². The number of halogens is 1. The number of carbonyl (C=O) groups excluding carboxylic acids is 3. The number of alkyl halides is 1. The fourth-order valence-electron chi connectivity index (χ4n) is 7.00. The minimum Gasteiger partial charge on any atom is -0.497 e. The molecule has 2 aromatic rings. The Morgan fingerprint density at radius 2 is 1.89 bits per heavy atom. The molecule has 3 heterocycles. The van der Waals surface area contributed by atoms with E-state index in [4.69, 9.17) is 9.47 Å². The van der Waals surface area contributed by atoms with Crippen molar-refractivity contribution in [3.63, 3.8) is 0 Å². The molecule has 2 bridgehead atoms. The van der Waals surface area contributed by atoms with Crippen molar-refractivity contribution in [1.29, 1.82) is 0 Å². The Morgan fingerprint density at radius 3 is 2.52 bits per heavy atom. The van der Waals surface area contributed by atoms with Gasteiger partial charge in [0.2, 0.25) is 5.91 Å². The fraction of sp³-hybridized carbons (Fsp3) is 0.441. The lowest BCUT2D eigenvalue weighted by Gasteiger charge is -2.40. The number of ether oxygens (including phenoxy) is 2. The average Bonchev–Trinajstić information content (AvgIpc) is 3.64. The van der Waals surface area contributed by atoms with Crippen LogP contribution in [0.1, 0.15) is 37.3 Å². The maximum Gasteiger partial charge on any atom is 0.310 e. The minimum absolute atomic E-state index is 0.0942. The molecule has 44 heavy (non-hydrogen) atoms. The van der Waals surface area contributed by atoms with Gasteiger partial charge in [0.05, 0.1) is 42.9 Å². The van der Waals surface area contributed by atoms with Gasteiger partial charge < -0.3 is 24.4 Å². The Bertz CT molecular complexity index is 1370. The zero-order chi connectivity index (χ0) is 31.4. The molecule has 0 radical (unpaired) electrons. The predicted molar refractivity (Wildman–Crippen MR) is 176 cm³/mol. The molecule has 234 valence electrons. The lowest BCUT2D eigenvalue weighted by atomic mass is 9.71. The van der Waals surface area contributed by atoms with E-state index in [2.05, 4.69) is 29.1 Å². The number of hydrogen-bond acceptors (Lipinski definition) is 7. The van der Waals surface area contributed by atoms with Crippen molar-refractivity contribution in [2.45, 2.75) is 52.6 Å². The molecule has 3 fully saturated rings. The summed E-state index contributed by atoms with van der Waals surface area (Å²) >= 11 is 5.35. The number of fused-ring (bicyclic) bond motifs is 1. The van der Waals surface area contributed by atoms with E-state index in [0.717, 1.165) is 12.8 Å². The lowest BCUT2D eigenvalue weighted by molar-refractivity contribution is -0.154. The summed E-state index contributed by atoms with van der Waals surface area (Å²) in [5, 5.41) is 10.5. The Hall–Kier alpha value is -3.08. The molecule has 8 nitrogen and oxygen atoms in total. The highest BCUT2D eigenvalue weighted by atomic mass is 79.9. The third-order valence-corrected chi connectivity index (χ3v) is 12.2. The molecule has 3 saturated heterocycles. The number of rotatable bonds is 14. The van der Waals surface area contributed by atoms with Crippen molar-refractivity contribution in [3.8, 4) is 5.75 Å². The molecule has 2 amide bonds. The summed E-state index contributed by atoms with van der Waals surface area (Å²) in [5.74, 6) is -1.82. The fourth-order valence-corrected chi connectivity index (χ4v) is 10.6. The number of nitrogens with zero attached hydrogens (tertiary/aromatic N) is 2. The number of likely N-dealkylation sites (tertiary alicyclic amines) is 1. The molecule has 3 aliphatic rings. The molecule has 7 atom stereocenters. The van der Waals surface area contributed by atoms with E-state index >= 15 is 0 Å². The monoisotopic (exact) mass is 682 g/mol. The SMILES string of the molecule is C=CCCCCOC(=O)[C@H]1[C@H]2C(=O)N([C@H](CO)c3ccccc3)C(C(=O)N(CC=C)c3ccc(OC)cc3)C23CC(Br)[C@@H]1S3. The largest absolute Gasteiger partial charge is 0.497 e. The first-order valence-corrected chi connectivity index (χ1v) is 16.8. The highest BCUT2D eigenvalue weighted by Crippen LogP contribution is 2.68. The highest BCUT2D eigenvalue weighted by molar-refractivity contribution is 9.09. The van der Waals surface area contributed by atoms with Gasteiger partial charge in [-0.1, -0.05) is 58.4 Å². The van der Waals surface area contributed by atoms with Crippen LogP contribution in [0.4, 0.5) is 5.69 Å². The van der Waals surface area contributed by atoms with E-state index in [1.54, 1.807) is 59.0 Å². The molecular formula is C34H39BrN2O6S. The van der Waals surface area contributed by atoms with Crippen LogP contribution < -0.4 is 9.64 Å². The molecule has 0 aromatic heterocycles. The zero-order valence-electron chi connectivity index (χ0n) is 24.8. The van der Waals surface area contributed by atoms with Gasteiger partial charge in [0.15, 0.2) is 0 Å². The molecular weight excluding hydrogens is 644 g/mol. The molecule has 1 N–H and O–H groups in total. The minimum atomic E-state index is -0.945. The van der Waals surface area contributed by atoms with Crippen LogP contribution in [0.2, 0.25) is 0 Å². The summed E-state index contributed by atoms with van der Waals surface area (Å²) in [4.78, 5) is 46.3. The number of anilines is 1. The Balaban J connectivity index is 1.57. The number of amides is 2. The summed E-state index contributed by atoms with van der Waals surface area (Å²) in [6, 6.07) is 14.7. The van der Waals surface area contributed by atoms with E-state index in [9.17, 15) is 19.5 Å². The van der Waals surface area contributed by atoms with E-state index in [-0.39, 0.29) is 41.6 Å². The van der Waals surface area contributed by atoms with Crippen molar-refractivity contribution in [2.75, 3.05) is 31.8 Å². The number of allylic oxidation sites excluding steroid dienone is 1. The van der Waals surface area contributed by atoms with Gasteiger partial charge in [0, 0.05) is 22.3 Å². The predicted octanol–water partition coefficient (Wildman–Crippen LogP) is 5.31. The zero-order valence-corrected chi connectivity index (χ0v) is 27.3. The number of carbonyl (C=O) groups is 3. The smallest absolute Gasteiger partial charge is 0.310 e. The molecule has 5 rings (SSSR count). The third-order valence-electron chi connectivity index (χ3n) is 8.93. The van der Waals surface area contributed by atoms with Crippen molar-refractivity contribution >= 4 is 51.2 Å². The van der Waals surface area contributed by atoms with Crippen LogP contribution in [0.5, 0.6) is 5.75 Å².